The van der Waals surface area contributed by atoms with E-state index in [1.165, 1.54) is 5.56 Å². The second-order valence-electron chi connectivity index (χ2n) is 5.71. The zero-order valence-electron chi connectivity index (χ0n) is 15.5. The van der Waals surface area contributed by atoms with Crippen molar-refractivity contribution in [3.8, 4) is 5.75 Å². The molecule has 0 amide bonds. The first kappa shape index (κ1) is 23.0. The fourth-order valence-electron chi connectivity index (χ4n) is 2.12. The first-order valence-corrected chi connectivity index (χ1v) is 8.30. The average molecular weight is 449 g/mol. The van der Waals surface area contributed by atoms with Crippen LogP contribution in [0, 0.1) is 0 Å². The summed E-state index contributed by atoms with van der Waals surface area (Å²) in [6, 6.07) is 8.12. The highest BCUT2D eigenvalue weighted by molar-refractivity contribution is 14.0. The molecule has 0 aliphatic carbocycles. The van der Waals surface area contributed by atoms with Crippen molar-refractivity contribution in [2.45, 2.75) is 39.8 Å². The van der Waals surface area contributed by atoms with Gasteiger partial charge in [-0.15, -0.1) is 24.0 Å². The maximum Gasteiger partial charge on any atom is 0.193 e. The van der Waals surface area contributed by atoms with E-state index in [2.05, 4.69) is 55.2 Å². The van der Waals surface area contributed by atoms with Gasteiger partial charge in [0, 0.05) is 33.3 Å². The number of guanidine groups is 1. The van der Waals surface area contributed by atoms with Crippen molar-refractivity contribution >= 4 is 29.9 Å². The lowest BCUT2D eigenvalue weighted by molar-refractivity contribution is 0.0782. The summed E-state index contributed by atoms with van der Waals surface area (Å²) in [5.41, 5.74) is 1.22. The van der Waals surface area contributed by atoms with E-state index in [1.54, 1.807) is 7.11 Å². The second-order valence-corrected chi connectivity index (χ2v) is 5.71. The Morgan fingerprint density at radius 2 is 1.92 bits per heavy atom. The fraction of sp³-hybridized carbons (Fsp3) is 0.611. The van der Waals surface area contributed by atoms with E-state index in [9.17, 15) is 0 Å². The molecule has 0 aliphatic rings. The number of hydrogen-bond donors (Lipinski definition) is 1. The summed E-state index contributed by atoms with van der Waals surface area (Å²) in [5.74, 6) is 1.80. The van der Waals surface area contributed by atoms with E-state index < -0.39 is 0 Å². The molecule has 0 unspecified atom stereocenters. The fourth-order valence-corrected chi connectivity index (χ4v) is 2.12. The molecule has 1 rings (SSSR count). The normalized spacial score (nSPS) is 11.2. The monoisotopic (exact) mass is 449 g/mol. The van der Waals surface area contributed by atoms with Gasteiger partial charge in [0.15, 0.2) is 5.96 Å². The molecule has 0 saturated carbocycles. The Bertz CT molecular complexity index is 464. The standard InChI is InChI=1S/C18H31N3O2.HI/c1-6-19-18(20-12-7-13-23-15(2)3)21(4)14-16-8-10-17(22-5)11-9-16;/h8-11,15H,6-7,12-14H2,1-5H3,(H,19,20);1H. The number of benzene rings is 1. The first-order chi connectivity index (χ1) is 11.1. The van der Waals surface area contributed by atoms with Gasteiger partial charge in [0.1, 0.15) is 5.75 Å². The minimum atomic E-state index is 0. The Morgan fingerprint density at radius 3 is 2.46 bits per heavy atom. The molecule has 0 atom stereocenters. The molecule has 0 radical (unpaired) electrons. The third-order valence-electron chi connectivity index (χ3n) is 3.29. The Kier molecular flexibility index (Phi) is 12.7. The first-order valence-electron chi connectivity index (χ1n) is 8.30. The van der Waals surface area contributed by atoms with Crippen LogP contribution in [0.1, 0.15) is 32.8 Å². The summed E-state index contributed by atoms with van der Waals surface area (Å²) in [7, 11) is 3.73. The van der Waals surface area contributed by atoms with Crippen molar-refractivity contribution in [2.24, 2.45) is 4.99 Å². The predicted octanol–water partition coefficient (Wildman–Crippen LogP) is 3.53. The molecule has 0 saturated heterocycles. The van der Waals surface area contributed by atoms with E-state index in [-0.39, 0.29) is 30.1 Å². The van der Waals surface area contributed by atoms with Crippen LogP contribution in [0.15, 0.2) is 29.3 Å². The maximum absolute atomic E-state index is 5.55. The lowest BCUT2D eigenvalue weighted by atomic mass is 10.2. The van der Waals surface area contributed by atoms with E-state index in [1.807, 2.05) is 12.1 Å². The van der Waals surface area contributed by atoms with Crippen molar-refractivity contribution in [1.82, 2.24) is 10.2 Å². The third-order valence-corrected chi connectivity index (χ3v) is 3.29. The Labute approximate surface area is 163 Å². The second kappa shape index (κ2) is 13.3. The van der Waals surface area contributed by atoms with Crippen LogP contribution in [0.2, 0.25) is 0 Å². The molecule has 1 aromatic carbocycles. The van der Waals surface area contributed by atoms with Gasteiger partial charge in [-0.1, -0.05) is 12.1 Å². The molecule has 1 aromatic rings. The largest absolute Gasteiger partial charge is 0.497 e. The van der Waals surface area contributed by atoms with E-state index in [0.29, 0.717) is 0 Å². The van der Waals surface area contributed by atoms with E-state index in [4.69, 9.17) is 9.47 Å². The van der Waals surface area contributed by atoms with Gasteiger partial charge in [0.2, 0.25) is 0 Å². The Morgan fingerprint density at radius 1 is 1.25 bits per heavy atom. The van der Waals surface area contributed by atoms with Crippen LogP contribution in [-0.4, -0.2) is 50.8 Å². The van der Waals surface area contributed by atoms with Crippen molar-refractivity contribution in [1.29, 1.82) is 0 Å². The van der Waals surface area contributed by atoms with Crippen LogP contribution in [0.5, 0.6) is 5.75 Å². The molecule has 0 aliphatic heterocycles. The number of aliphatic imine (C=N–C) groups is 1. The number of rotatable bonds is 9. The zero-order chi connectivity index (χ0) is 17.1. The number of nitrogens with zero attached hydrogens (tertiary/aromatic N) is 2. The summed E-state index contributed by atoms with van der Waals surface area (Å²) < 4.78 is 10.7. The van der Waals surface area contributed by atoms with Gasteiger partial charge in [0.25, 0.3) is 0 Å². The SMILES string of the molecule is CCNC(=NCCCOC(C)C)N(C)Cc1ccc(OC)cc1.I. The van der Waals surface area contributed by atoms with Crippen molar-refractivity contribution < 1.29 is 9.47 Å². The number of nitrogens with one attached hydrogen (secondary N) is 1. The van der Waals surface area contributed by atoms with Crippen LogP contribution < -0.4 is 10.1 Å². The lowest BCUT2D eigenvalue weighted by Gasteiger charge is -2.22. The highest BCUT2D eigenvalue weighted by atomic mass is 127. The molecule has 24 heavy (non-hydrogen) atoms. The van der Waals surface area contributed by atoms with Crippen LogP contribution in [0.4, 0.5) is 0 Å². The lowest BCUT2D eigenvalue weighted by Crippen LogP contribution is -2.38. The molecule has 0 spiro atoms. The number of ether oxygens (including phenoxy) is 2. The minimum Gasteiger partial charge on any atom is -0.497 e. The smallest absolute Gasteiger partial charge is 0.193 e. The third kappa shape index (κ3) is 9.32. The number of hydrogen-bond acceptors (Lipinski definition) is 3. The highest BCUT2D eigenvalue weighted by Gasteiger charge is 2.06. The molecular weight excluding hydrogens is 417 g/mol. The topological polar surface area (TPSA) is 46.1 Å². The summed E-state index contributed by atoms with van der Waals surface area (Å²) in [6.07, 6.45) is 1.22. The van der Waals surface area contributed by atoms with Gasteiger partial charge in [-0.05, 0) is 44.9 Å². The summed E-state index contributed by atoms with van der Waals surface area (Å²) in [5, 5.41) is 3.34. The molecule has 1 N–H and O–H groups in total. The van der Waals surface area contributed by atoms with Gasteiger partial charge in [-0.3, -0.25) is 4.99 Å². The average Bonchev–Trinajstić information content (AvgIpc) is 2.54. The summed E-state index contributed by atoms with van der Waals surface area (Å²) in [4.78, 5) is 6.80. The molecule has 0 heterocycles. The van der Waals surface area contributed by atoms with Gasteiger partial charge in [0.05, 0.1) is 13.2 Å². The van der Waals surface area contributed by atoms with Crippen LogP contribution in [-0.2, 0) is 11.3 Å². The van der Waals surface area contributed by atoms with Crippen LogP contribution in [0.3, 0.4) is 0 Å². The predicted molar refractivity (Wildman–Crippen MR) is 112 cm³/mol. The van der Waals surface area contributed by atoms with Gasteiger partial charge < -0.3 is 19.7 Å². The molecule has 5 nitrogen and oxygen atoms in total. The van der Waals surface area contributed by atoms with Crippen molar-refractivity contribution in [3.63, 3.8) is 0 Å². The van der Waals surface area contributed by atoms with Crippen LogP contribution >= 0.6 is 24.0 Å². The summed E-state index contributed by atoms with van der Waals surface area (Å²) in [6.45, 7) is 9.36. The van der Waals surface area contributed by atoms with E-state index in [0.717, 1.165) is 44.4 Å². The van der Waals surface area contributed by atoms with Gasteiger partial charge in [-0.2, -0.15) is 0 Å². The van der Waals surface area contributed by atoms with Crippen molar-refractivity contribution in [3.05, 3.63) is 29.8 Å². The molecule has 0 bridgehead atoms. The molecular formula is C18H32IN3O2. The highest BCUT2D eigenvalue weighted by Crippen LogP contribution is 2.12. The van der Waals surface area contributed by atoms with Crippen LogP contribution in [0.25, 0.3) is 0 Å². The van der Waals surface area contributed by atoms with Gasteiger partial charge >= 0.3 is 0 Å². The molecule has 0 aromatic heterocycles. The Hall–Kier alpha value is -1.02. The Balaban J connectivity index is 0.00000529. The number of halogens is 1. The van der Waals surface area contributed by atoms with Gasteiger partial charge in [-0.25, -0.2) is 0 Å². The van der Waals surface area contributed by atoms with Crippen molar-refractivity contribution in [2.75, 3.05) is 33.9 Å². The maximum atomic E-state index is 5.55. The molecule has 6 heteroatoms. The zero-order valence-corrected chi connectivity index (χ0v) is 17.9. The summed E-state index contributed by atoms with van der Waals surface area (Å²) >= 11 is 0. The minimum absolute atomic E-state index is 0. The molecule has 0 fully saturated rings. The van der Waals surface area contributed by atoms with E-state index >= 15 is 0 Å². The number of methoxy groups -OCH3 is 1. The quantitative estimate of drug-likeness (QED) is 0.271. The molecule has 138 valence electrons.